The van der Waals surface area contributed by atoms with Crippen LogP contribution >= 0.6 is 0 Å². The van der Waals surface area contributed by atoms with E-state index in [1.165, 1.54) is 7.11 Å². The Morgan fingerprint density at radius 2 is 1.75 bits per heavy atom. The van der Waals surface area contributed by atoms with Crippen molar-refractivity contribution in [3.05, 3.63) is 35.9 Å². The monoisotopic (exact) mass is 412 g/mol. The van der Waals surface area contributed by atoms with E-state index >= 15 is 0 Å². The van der Waals surface area contributed by atoms with Crippen LogP contribution in [-0.2, 0) is 18.6 Å². The molecule has 1 aliphatic rings. The maximum atomic E-state index is 12.4. The molecule has 2 rings (SSSR count). The number of methoxy groups -OCH3 is 1. The number of aliphatic hydroxyl groups is 2. The summed E-state index contributed by atoms with van der Waals surface area (Å²) in [6.07, 6.45) is -5.60. The molecular weight excluding hydrogens is 380 g/mol. The standard InChI is InChI=1S/C20H32O7Si/c1-20(2,3)28(5,6)25-12-14-15(21)17(16(22)19(24-4)26-14)27-18(23)13-10-8-7-9-11-13/h7-11,14-17,19,21-22H,12H2,1-6H3/t14?,15-,16?,17?,19-/m0/s1. The summed E-state index contributed by atoms with van der Waals surface area (Å²) in [7, 11) is -0.694. The van der Waals surface area contributed by atoms with E-state index in [4.69, 9.17) is 18.6 Å². The average Bonchev–Trinajstić information content (AvgIpc) is 2.64. The lowest BCUT2D eigenvalue weighted by Crippen LogP contribution is -2.61. The Bertz CT molecular complexity index is 644. The number of hydrogen-bond donors (Lipinski definition) is 2. The minimum absolute atomic E-state index is 0.00797. The van der Waals surface area contributed by atoms with Gasteiger partial charge < -0.3 is 28.8 Å². The topological polar surface area (TPSA) is 94.5 Å². The van der Waals surface area contributed by atoms with Gasteiger partial charge in [0.2, 0.25) is 0 Å². The van der Waals surface area contributed by atoms with E-state index in [9.17, 15) is 15.0 Å². The first-order valence-corrected chi connectivity index (χ1v) is 12.3. The lowest BCUT2D eigenvalue weighted by Gasteiger charge is -2.43. The van der Waals surface area contributed by atoms with Gasteiger partial charge in [0.15, 0.2) is 20.7 Å². The van der Waals surface area contributed by atoms with E-state index in [1.807, 2.05) is 0 Å². The summed E-state index contributed by atoms with van der Waals surface area (Å²) in [6.45, 7) is 10.6. The summed E-state index contributed by atoms with van der Waals surface area (Å²) in [5, 5.41) is 21.2. The first-order valence-electron chi connectivity index (χ1n) is 9.42. The van der Waals surface area contributed by atoms with Gasteiger partial charge in [-0.15, -0.1) is 0 Å². The van der Waals surface area contributed by atoms with Crippen LogP contribution in [-0.4, -0.2) is 68.9 Å². The summed E-state index contributed by atoms with van der Waals surface area (Å²) in [5.74, 6) is -0.635. The van der Waals surface area contributed by atoms with E-state index in [-0.39, 0.29) is 11.6 Å². The minimum atomic E-state index is -2.08. The number of carbonyl (C=O) groups is 1. The molecule has 28 heavy (non-hydrogen) atoms. The molecule has 0 amide bonds. The van der Waals surface area contributed by atoms with Crippen molar-refractivity contribution in [1.82, 2.24) is 0 Å². The molecule has 0 aromatic heterocycles. The molecule has 0 saturated carbocycles. The summed E-state index contributed by atoms with van der Waals surface area (Å²) >= 11 is 0. The van der Waals surface area contributed by atoms with Crippen LogP contribution in [0, 0.1) is 0 Å². The third-order valence-electron chi connectivity index (χ3n) is 5.54. The first-order chi connectivity index (χ1) is 13.0. The number of hydrogen-bond acceptors (Lipinski definition) is 7. The van der Waals surface area contributed by atoms with Crippen molar-refractivity contribution in [3.8, 4) is 0 Å². The first kappa shape index (κ1) is 23.0. The molecule has 1 aromatic rings. The molecule has 1 aromatic carbocycles. The molecule has 2 N–H and O–H groups in total. The van der Waals surface area contributed by atoms with E-state index in [2.05, 4.69) is 33.9 Å². The molecule has 1 aliphatic heterocycles. The van der Waals surface area contributed by atoms with Crippen LogP contribution in [0.1, 0.15) is 31.1 Å². The van der Waals surface area contributed by atoms with Gasteiger partial charge in [-0.3, -0.25) is 0 Å². The van der Waals surface area contributed by atoms with Gasteiger partial charge in [-0.05, 0) is 30.3 Å². The molecule has 8 heteroatoms. The minimum Gasteiger partial charge on any atom is -0.453 e. The van der Waals surface area contributed by atoms with E-state index in [0.29, 0.717) is 5.56 Å². The van der Waals surface area contributed by atoms with Gasteiger partial charge in [0.1, 0.15) is 18.3 Å². The van der Waals surface area contributed by atoms with Crippen LogP contribution in [0.2, 0.25) is 18.1 Å². The second-order valence-electron chi connectivity index (χ2n) is 8.57. The fourth-order valence-electron chi connectivity index (χ4n) is 2.65. The van der Waals surface area contributed by atoms with E-state index < -0.39 is 45.0 Å². The number of carbonyl (C=O) groups excluding carboxylic acids is 1. The molecule has 158 valence electrons. The molecule has 0 radical (unpaired) electrons. The molecule has 1 saturated heterocycles. The maximum Gasteiger partial charge on any atom is 0.338 e. The highest BCUT2D eigenvalue weighted by molar-refractivity contribution is 6.74. The van der Waals surface area contributed by atoms with Crippen molar-refractivity contribution in [1.29, 1.82) is 0 Å². The van der Waals surface area contributed by atoms with Crippen LogP contribution < -0.4 is 0 Å². The average molecular weight is 413 g/mol. The third kappa shape index (κ3) is 5.19. The van der Waals surface area contributed by atoms with Crippen molar-refractivity contribution < 1.29 is 33.6 Å². The Kier molecular flexibility index (Phi) is 7.41. The number of benzene rings is 1. The number of aliphatic hydroxyl groups excluding tert-OH is 2. The van der Waals surface area contributed by atoms with Gasteiger partial charge in [-0.2, -0.15) is 0 Å². The lowest BCUT2D eigenvalue weighted by molar-refractivity contribution is -0.292. The summed E-state index contributed by atoms with van der Waals surface area (Å²) in [4.78, 5) is 12.4. The highest BCUT2D eigenvalue weighted by Crippen LogP contribution is 2.37. The largest absolute Gasteiger partial charge is 0.453 e. The lowest BCUT2D eigenvalue weighted by atomic mass is 9.99. The molecule has 1 heterocycles. The maximum absolute atomic E-state index is 12.4. The Labute approximate surface area is 167 Å². The van der Waals surface area contributed by atoms with Gasteiger partial charge in [-0.1, -0.05) is 39.0 Å². The normalized spacial score (nSPS) is 28.8. The Hall–Kier alpha value is -1.29. The van der Waals surface area contributed by atoms with Crippen LogP contribution in [0.15, 0.2) is 30.3 Å². The molecule has 0 spiro atoms. The van der Waals surface area contributed by atoms with Crippen molar-refractivity contribution in [2.75, 3.05) is 13.7 Å². The van der Waals surface area contributed by atoms with Crippen molar-refractivity contribution in [2.24, 2.45) is 0 Å². The van der Waals surface area contributed by atoms with Crippen LogP contribution in [0.3, 0.4) is 0 Å². The van der Waals surface area contributed by atoms with Crippen molar-refractivity contribution in [2.45, 2.75) is 69.6 Å². The molecule has 3 unspecified atom stereocenters. The van der Waals surface area contributed by atoms with Gasteiger partial charge >= 0.3 is 5.97 Å². The highest BCUT2D eigenvalue weighted by Gasteiger charge is 2.48. The number of ether oxygens (including phenoxy) is 3. The third-order valence-corrected chi connectivity index (χ3v) is 10.0. The predicted molar refractivity (Wildman–Crippen MR) is 106 cm³/mol. The zero-order valence-electron chi connectivity index (χ0n) is 17.4. The fraction of sp³-hybridized carbons (Fsp3) is 0.650. The summed E-state index contributed by atoms with van der Waals surface area (Å²) in [6, 6.07) is 8.41. The van der Waals surface area contributed by atoms with Gasteiger partial charge in [0.25, 0.3) is 0 Å². The number of esters is 1. The van der Waals surface area contributed by atoms with Crippen molar-refractivity contribution >= 4 is 14.3 Å². The summed E-state index contributed by atoms with van der Waals surface area (Å²) < 4.78 is 22.4. The Morgan fingerprint density at radius 1 is 1.14 bits per heavy atom. The van der Waals surface area contributed by atoms with Gasteiger partial charge in [0, 0.05) is 7.11 Å². The molecule has 1 fully saturated rings. The van der Waals surface area contributed by atoms with E-state index in [1.54, 1.807) is 30.3 Å². The second kappa shape index (κ2) is 9.02. The molecule has 0 aliphatic carbocycles. The zero-order valence-corrected chi connectivity index (χ0v) is 18.4. The molecule has 0 bridgehead atoms. The quantitative estimate of drug-likeness (QED) is 0.547. The Morgan fingerprint density at radius 3 is 2.29 bits per heavy atom. The number of rotatable bonds is 6. The van der Waals surface area contributed by atoms with Gasteiger partial charge in [-0.25, -0.2) is 4.79 Å². The highest BCUT2D eigenvalue weighted by atomic mass is 28.4. The van der Waals surface area contributed by atoms with Gasteiger partial charge in [0.05, 0.1) is 12.2 Å². The fourth-order valence-corrected chi connectivity index (χ4v) is 3.66. The smallest absolute Gasteiger partial charge is 0.338 e. The SMILES string of the molecule is CO[C@H]1OC(CO[Si](C)(C)C(C)(C)C)[C@H](O)C(OC(=O)c2ccccc2)C1O. The molecule has 5 atom stereocenters. The Balaban J connectivity index is 2.13. The summed E-state index contributed by atoms with van der Waals surface area (Å²) in [5.41, 5.74) is 0.330. The predicted octanol–water partition coefficient (Wildman–Crippen LogP) is 2.33. The zero-order chi connectivity index (χ0) is 21.1. The molecule has 7 nitrogen and oxygen atoms in total. The van der Waals surface area contributed by atoms with E-state index in [0.717, 1.165) is 0 Å². The van der Waals surface area contributed by atoms with Crippen molar-refractivity contribution in [3.63, 3.8) is 0 Å². The van der Waals surface area contributed by atoms with Crippen LogP contribution in [0.5, 0.6) is 0 Å². The van der Waals surface area contributed by atoms with Crippen LogP contribution in [0.4, 0.5) is 0 Å². The van der Waals surface area contributed by atoms with Crippen LogP contribution in [0.25, 0.3) is 0 Å². The second-order valence-corrected chi connectivity index (χ2v) is 13.4. The molecular formula is C20H32O7Si.